The van der Waals surface area contributed by atoms with Gasteiger partial charge in [0.15, 0.2) is 17.9 Å². The van der Waals surface area contributed by atoms with E-state index in [1.165, 1.54) is 25.6 Å². The molecule has 40 N–H and O–H groups in total. The van der Waals surface area contributed by atoms with Gasteiger partial charge in [-0.2, -0.15) is 11.8 Å². The number of guanidine groups is 3. The van der Waals surface area contributed by atoms with Crippen LogP contribution in [0, 0.1) is 22.1 Å². The van der Waals surface area contributed by atoms with E-state index in [1.54, 1.807) is 81.0 Å². The molecular weight excluding hydrogens is 1750 g/mol. The van der Waals surface area contributed by atoms with Crippen LogP contribution in [0.3, 0.4) is 0 Å². The predicted octanol–water partition coefficient (Wildman–Crippen LogP) is -6.85. The van der Waals surface area contributed by atoms with Crippen LogP contribution in [-0.4, -0.2) is 282 Å². The van der Waals surface area contributed by atoms with Crippen molar-refractivity contribution in [3.05, 3.63) is 72.1 Å². The topological polar surface area (TPSA) is 829 Å². The smallest absolute Gasteiger partial charge is 0.326 e. The second-order valence-corrected chi connectivity index (χ2v) is 33.4. The summed E-state index contributed by atoms with van der Waals surface area (Å²) >= 11 is 1.32. The number of aliphatic carboxylic acids is 1. The molecule has 2 heterocycles. The number of rotatable bonds is 65. The number of aliphatic hydroxyl groups excluding tert-OH is 1. The summed E-state index contributed by atoms with van der Waals surface area (Å²) in [4.78, 5) is 230. The molecular formula is C84H138N30O18S. The molecule has 2 aromatic carbocycles. The van der Waals surface area contributed by atoms with Crippen LogP contribution in [0.1, 0.15) is 154 Å². The standard InChI is InChI=1S/C84H138N30O18S/c1-45(2)67(113-70(120)52(88)21-10-13-32-85)79(129)110-57(24-11-14-33-86)75(125)112-63(40-49-42-100-54-23-9-7-20-51(49)54)78(128)114-68(47(4)115)80(130)103-46(3)69(119)106-58(28-18-37-98-84(94)95)74(124)107-55(26-16-35-96-82(90)91)71(121)101-44-66(118)105-62(39-48-41-99-53-22-8-6-19-50(48)53)72(122)102-43-65(117)104-56(27-17-36-97-83(92)93)73(123)108-59(29-30-64(89)116)76(126)109-60(31-38-133-5)77(127)111-61(81(131)132)25-12-15-34-87/h6-9,19-20,22-23,41-42,45-47,52,55-63,67-68,99-100,115H,10-18,21,24-40,43-44,85-88H2,1-5H3,(H2,89,116)(H,101,121)(H,102,122)(H,103,130)(H,104,117)(H,105,118)(H,106,119)(H,107,124)(H,108,123)(H,109,126)(H,110,129)(H,111,127)(H,112,125)(H,113,120)(H,114,128)(H,131,132)(H4,90,91,96)(H4,92,93,97)(H4,94,95,98)/t46-,47+,52-,55-,56-,57-,58-,59-,60-,61-,62-,63-,67-,68-/m0/s1. The molecule has 133 heavy (non-hydrogen) atoms. The maximum absolute atomic E-state index is 14.8. The molecule has 2 aromatic heterocycles. The van der Waals surface area contributed by atoms with Crippen LogP contribution in [0.25, 0.3) is 21.8 Å². The Labute approximate surface area is 775 Å². The minimum Gasteiger partial charge on any atom is -0.480 e. The second-order valence-electron chi connectivity index (χ2n) is 32.5. The number of carboxylic acid groups (broad SMARTS) is 1. The predicted molar refractivity (Wildman–Crippen MR) is 499 cm³/mol. The Morgan fingerprint density at radius 2 is 0.729 bits per heavy atom. The zero-order valence-electron chi connectivity index (χ0n) is 75.9. The number of benzene rings is 2. The highest BCUT2D eigenvalue weighted by Gasteiger charge is 2.39. The fraction of sp³-hybridized carbons (Fsp3) is 0.583. The number of aromatic amines is 2. The van der Waals surface area contributed by atoms with Crippen molar-refractivity contribution in [2.24, 2.45) is 51.8 Å². The van der Waals surface area contributed by atoms with Crippen LogP contribution in [0.15, 0.2) is 60.9 Å². The van der Waals surface area contributed by atoms with Gasteiger partial charge in [0.1, 0.15) is 72.5 Å². The third-order valence-corrected chi connectivity index (χ3v) is 21.9. The first-order valence-electron chi connectivity index (χ1n) is 44.3. The van der Waals surface area contributed by atoms with E-state index < -0.39 is 229 Å². The average Bonchev–Trinajstić information content (AvgIpc) is 1.69. The van der Waals surface area contributed by atoms with Gasteiger partial charge in [0.2, 0.25) is 88.6 Å². The lowest BCUT2D eigenvalue weighted by Gasteiger charge is -2.29. The third-order valence-electron chi connectivity index (χ3n) is 21.3. The normalized spacial score (nSPS) is 14.3. The monoisotopic (exact) mass is 1890 g/mol. The Morgan fingerprint density at radius 3 is 1.16 bits per heavy atom. The van der Waals surface area contributed by atoms with Crippen molar-refractivity contribution in [2.75, 3.05) is 64.4 Å². The van der Waals surface area contributed by atoms with Gasteiger partial charge in [-0.1, -0.05) is 56.7 Å². The van der Waals surface area contributed by atoms with Crippen LogP contribution in [-0.2, 0) is 89.6 Å². The van der Waals surface area contributed by atoms with E-state index in [4.69, 9.17) is 62.1 Å². The zero-order valence-corrected chi connectivity index (χ0v) is 76.7. The molecule has 0 unspecified atom stereocenters. The highest BCUT2D eigenvalue weighted by molar-refractivity contribution is 7.98. The van der Waals surface area contributed by atoms with Crippen molar-refractivity contribution in [3.63, 3.8) is 0 Å². The van der Waals surface area contributed by atoms with Crippen LogP contribution in [0.2, 0.25) is 0 Å². The minimum absolute atomic E-state index is 0.000571. The van der Waals surface area contributed by atoms with Crippen LogP contribution in [0.5, 0.6) is 0 Å². The molecule has 0 fully saturated rings. The number of unbranched alkanes of at least 4 members (excludes halogenated alkanes) is 3. The molecule has 0 aliphatic heterocycles. The Hall–Kier alpha value is -13.0. The SMILES string of the molecule is CSCC[C@H](NC(=O)[C@H](CCC(N)=O)NC(=O)[C@H](CCCNC(=N)N)NC(=O)CNC(=O)[C@H](Cc1c[nH]c2ccccc12)NC(=O)CNC(=O)[C@H](CCCNC(=N)N)NC(=O)[C@H](CCCNC(=N)N)NC(=O)[C@H](C)NC(=O)[C@@H](NC(=O)[C@H](Cc1c[nH]c2ccccc12)NC(=O)[C@H](CCCCN)NC(=O)[C@@H](NC(=O)[C@@H](N)CCCCN)C(C)C)[C@@H](C)O)C(=O)N[C@@H](CCCCN)C(=O)O. The van der Waals surface area contributed by atoms with Gasteiger partial charge >= 0.3 is 5.97 Å². The molecule has 0 aliphatic rings. The number of hydrogen-bond acceptors (Lipinski definition) is 25. The highest BCUT2D eigenvalue weighted by atomic mass is 32.2. The highest BCUT2D eigenvalue weighted by Crippen LogP contribution is 2.22. The molecule has 0 radical (unpaired) electrons. The Kier molecular flexibility index (Phi) is 50.8. The molecule has 49 heteroatoms. The third kappa shape index (κ3) is 41.6. The number of primary amides is 1. The van der Waals surface area contributed by atoms with E-state index in [1.807, 2.05) is 0 Å². The molecule has 0 spiro atoms. The molecule has 0 aliphatic carbocycles. The fourth-order valence-electron chi connectivity index (χ4n) is 13.9. The summed E-state index contributed by atoms with van der Waals surface area (Å²) in [5.74, 6) is -16.8. The second kappa shape index (κ2) is 60.1. The van der Waals surface area contributed by atoms with E-state index in [9.17, 15) is 86.9 Å². The Bertz CT molecular complexity index is 4550. The Morgan fingerprint density at radius 1 is 0.383 bits per heavy atom. The lowest BCUT2D eigenvalue weighted by Crippen LogP contribution is -2.62. The summed E-state index contributed by atoms with van der Waals surface area (Å²) in [6.07, 6.45) is 4.45. The number of nitrogens with two attached hydrogens (primary N) is 8. The van der Waals surface area contributed by atoms with E-state index in [-0.39, 0.29) is 103 Å². The first-order chi connectivity index (χ1) is 63.2. The molecule has 14 atom stereocenters. The van der Waals surface area contributed by atoms with E-state index in [2.05, 4.69) is 100 Å². The van der Waals surface area contributed by atoms with Crippen molar-refractivity contribution in [1.29, 1.82) is 16.2 Å². The summed E-state index contributed by atoms with van der Waals surface area (Å²) in [6, 6.07) is -4.82. The van der Waals surface area contributed by atoms with Gasteiger partial charge < -0.3 is 156 Å². The van der Waals surface area contributed by atoms with Crippen LogP contribution in [0.4, 0.5) is 0 Å². The summed E-state index contributed by atoms with van der Waals surface area (Å²) < 4.78 is 0. The number of carbonyl (C=O) groups is 16. The molecule has 0 saturated carbocycles. The van der Waals surface area contributed by atoms with Gasteiger partial charge in [-0.25, -0.2) is 4.79 Å². The minimum atomic E-state index is -1.85. The van der Waals surface area contributed by atoms with Gasteiger partial charge in [-0.05, 0) is 177 Å². The average molecular weight is 1890 g/mol. The first kappa shape index (κ1) is 112. The number of aromatic nitrogens is 2. The lowest BCUT2D eigenvalue weighted by molar-refractivity contribution is -0.142. The van der Waals surface area contributed by atoms with E-state index in [0.29, 0.717) is 90.2 Å². The number of thioether (sulfide) groups is 1. The van der Waals surface area contributed by atoms with Crippen LogP contribution >= 0.6 is 11.8 Å². The van der Waals surface area contributed by atoms with Crippen molar-refractivity contribution < 1.29 is 86.9 Å². The van der Waals surface area contributed by atoms with E-state index >= 15 is 0 Å². The summed E-state index contributed by atoms with van der Waals surface area (Å²) in [7, 11) is 0. The molecule has 738 valence electrons. The number of para-hydroxylation sites is 2. The number of hydrogen-bond donors (Lipinski definition) is 32. The molecule has 4 rings (SSSR count). The number of carboxylic acids is 1. The summed E-state index contributed by atoms with van der Waals surface area (Å²) in [6.45, 7) is 4.89. The quantitative estimate of drug-likeness (QED) is 0.0111. The molecule has 4 aromatic rings. The molecule has 0 saturated heterocycles. The number of carbonyl (C=O) groups excluding carboxylic acids is 15. The number of amides is 15. The fourth-order valence-corrected chi connectivity index (χ4v) is 14.4. The molecule has 48 nitrogen and oxygen atoms in total. The van der Waals surface area contributed by atoms with Crippen molar-refractivity contribution in [3.8, 4) is 0 Å². The number of aliphatic hydroxyl groups is 1. The first-order valence-corrected chi connectivity index (χ1v) is 45.7. The van der Waals surface area contributed by atoms with Gasteiger partial charge in [0, 0.05) is 73.1 Å². The maximum Gasteiger partial charge on any atom is 0.326 e. The maximum atomic E-state index is 14.8. The van der Waals surface area contributed by atoms with Gasteiger partial charge in [-0.3, -0.25) is 88.1 Å². The summed E-state index contributed by atoms with van der Waals surface area (Å²) in [5.41, 5.74) is 47.6. The van der Waals surface area contributed by atoms with Crippen molar-refractivity contribution in [2.45, 2.75) is 241 Å². The largest absolute Gasteiger partial charge is 0.480 e. The van der Waals surface area contributed by atoms with Gasteiger partial charge in [0.25, 0.3) is 0 Å². The van der Waals surface area contributed by atoms with Crippen LogP contribution < -0.4 is 136 Å². The number of H-pyrrole nitrogens is 2. The molecule has 0 bridgehead atoms. The van der Waals surface area contributed by atoms with Gasteiger partial charge in [-0.15, -0.1) is 0 Å². The van der Waals surface area contributed by atoms with Crippen molar-refractivity contribution in [1.82, 2.24) is 100 Å². The Balaban J connectivity index is 1.59. The molecule has 15 amide bonds. The number of nitrogens with one attached hydrogen (secondary N) is 22. The summed E-state index contributed by atoms with van der Waals surface area (Å²) in [5, 5.41) is 88.9. The lowest BCUT2D eigenvalue weighted by atomic mass is 10.00. The van der Waals surface area contributed by atoms with Crippen molar-refractivity contribution >= 4 is 146 Å². The zero-order chi connectivity index (χ0) is 98.8. The van der Waals surface area contributed by atoms with E-state index in [0.717, 1.165) is 0 Å². The number of fused-ring (bicyclic) bond motifs is 2. The van der Waals surface area contributed by atoms with Gasteiger partial charge in [0.05, 0.1) is 25.2 Å².